The van der Waals surface area contributed by atoms with Crippen LogP contribution in [0.1, 0.15) is 15.9 Å². The van der Waals surface area contributed by atoms with Gasteiger partial charge in [-0.3, -0.25) is 10.1 Å². The number of thiazole rings is 1. The number of hydrogen-bond acceptors (Lipinski definition) is 5. The number of carbonyl (C=O) groups is 1. The van der Waals surface area contributed by atoms with E-state index in [1.165, 1.54) is 11.3 Å². The Morgan fingerprint density at radius 3 is 2.83 bits per heavy atom. The zero-order valence-corrected chi connectivity index (χ0v) is 14.3. The number of nitrogens with one attached hydrogen (secondary N) is 1. The van der Waals surface area contributed by atoms with Gasteiger partial charge in [-0.1, -0.05) is 22.9 Å². The van der Waals surface area contributed by atoms with Crippen molar-refractivity contribution in [3.8, 4) is 11.5 Å². The Balaban J connectivity index is 1.61. The minimum absolute atomic E-state index is 0.241. The van der Waals surface area contributed by atoms with Gasteiger partial charge in [0, 0.05) is 10.6 Å². The summed E-state index contributed by atoms with van der Waals surface area (Å²) in [5.41, 5.74) is 2.32. The van der Waals surface area contributed by atoms with Crippen molar-refractivity contribution in [2.24, 2.45) is 0 Å². The van der Waals surface area contributed by atoms with Crippen LogP contribution in [-0.4, -0.2) is 24.1 Å². The molecule has 1 aliphatic rings. The molecule has 0 bridgehead atoms. The molecule has 0 unspecified atom stereocenters. The maximum Gasteiger partial charge on any atom is 0.257 e. The minimum Gasteiger partial charge on any atom is -0.486 e. The molecule has 1 N–H and O–H groups in total. The van der Waals surface area contributed by atoms with E-state index >= 15 is 0 Å². The summed E-state index contributed by atoms with van der Waals surface area (Å²) in [6, 6.07) is 8.83. The van der Waals surface area contributed by atoms with E-state index in [1.54, 1.807) is 18.2 Å². The predicted octanol–water partition coefficient (Wildman–Crippen LogP) is 4.28. The van der Waals surface area contributed by atoms with Gasteiger partial charge in [0.05, 0.1) is 10.2 Å². The molecule has 0 spiro atoms. The second-order valence-electron chi connectivity index (χ2n) is 5.40. The summed E-state index contributed by atoms with van der Waals surface area (Å²) in [5.74, 6) is 0.999. The smallest absolute Gasteiger partial charge is 0.257 e. The topological polar surface area (TPSA) is 60.5 Å². The number of fused-ring (bicyclic) bond motifs is 2. The van der Waals surface area contributed by atoms with E-state index in [1.807, 2.05) is 19.1 Å². The normalized spacial score (nSPS) is 13.1. The molecule has 2 aromatic carbocycles. The number of aromatic nitrogens is 1. The van der Waals surface area contributed by atoms with E-state index in [4.69, 9.17) is 21.1 Å². The van der Waals surface area contributed by atoms with E-state index in [0.29, 0.717) is 40.4 Å². The standard InChI is InChI=1S/C17H13ClN2O3S/c1-9-6-11(18)8-14-15(9)19-17(24-14)20-16(21)10-2-3-12-13(7-10)23-5-4-22-12/h2-3,6-8H,4-5H2,1H3,(H,19,20,21). The molecule has 2 heterocycles. The average Bonchev–Trinajstić information content (AvgIpc) is 2.97. The second-order valence-corrected chi connectivity index (χ2v) is 6.87. The molecule has 1 aromatic heterocycles. The fourth-order valence-corrected chi connectivity index (χ4v) is 3.88. The molecule has 5 nitrogen and oxygen atoms in total. The van der Waals surface area contributed by atoms with Crippen LogP contribution >= 0.6 is 22.9 Å². The minimum atomic E-state index is -0.241. The van der Waals surface area contributed by atoms with Gasteiger partial charge in [0.15, 0.2) is 16.6 Å². The Morgan fingerprint density at radius 1 is 1.21 bits per heavy atom. The van der Waals surface area contributed by atoms with Crippen LogP contribution < -0.4 is 14.8 Å². The van der Waals surface area contributed by atoms with E-state index in [0.717, 1.165) is 15.8 Å². The maximum absolute atomic E-state index is 12.5. The number of anilines is 1. The third kappa shape index (κ3) is 2.79. The van der Waals surface area contributed by atoms with E-state index < -0.39 is 0 Å². The molecule has 0 fully saturated rings. The number of carbonyl (C=O) groups excluding carboxylic acids is 1. The number of ether oxygens (including phenoxy) is 2. The highest BCUT2D eigenvalue weighted by atomic mass is 35.5. The largest absolute Gasteiger partial charge is 0.486 e. The van der Waals surface area contributed by atoms with Crippen molar-refractivity contribution >= 4 is 44.2 Å². The van der Waals surface area contributed by atoms with Crippen molar-refractivity contribution in [2.75, 3.05) is 18.5 Å². The first kappa shape index (κ1) is 15.2. The highest BCUT2D eigenvalue weighted by Gasteiger charge is 2.16. The molecule has 122 valence electrons. The zero-order chi connectivity index (χ0) is 16.7. The lowest BCUT2D eigenvalue weighted by atomic mass is 10.2. The molecule has 0 saturated carbocycles. The van der Waals surface area contributed by atoms with Crippen molar-refractivity contribution in [1.82, 2.24) is 4.98 Å². The van der Waals surface area contributed by atoms with Gasteiger partial charge in [-0.25, -0.2) is 4.98 Å². The van der Waals surface area contributed by atoms with Crippen LogP contribution in [-0.2, 0) is 0 Å². The van der Waals surface area contributed by atoms with E-state index in [-0.39, 0.29) is 5.91 Å². The Bertz CT molecular complexity index is 954. The zero-order valence-electron chi connectivity index (χ0n) is 12.8. The SMILES string of the molecule is Cc1cc(Cl)cc2sc(NC(=O)c3ccc4c(c3)OCCO4)nc12. The second kappa shape index (κ2) is 5.96. The van der Waals surface area contributed by atoms with Crippen LogP contribution in [0.3, 0.4) is 0 Å². The summed E-state index contributed by atoms with van der Waals surface area (Å²) in [4.78, 5) is 16.9. The van der Waals surface area contributed by atoms with Gasteiger partial charge in [-0.15, -0.1) is 0 Å². The van der Waals surface area contributed by atoms with Gasteiger partial charge in [-0.05, 0) is 42.8 Å². The first-order valence-electron chi connectivity index (χ1n) is 7.38. The van der Waals surface area contributed by atoms with Crippen LogP contribution in [0.15, 0.2) is 30.3 Å². The van der Waals surface area contributed by atoms with E-state index in [9.17, 15) is 4.79 Å². The first-order chi connectivity index (χ1) is 11.6. The predicted molar refractivity (Wildman–Crippen MR) is 94.8 cm³/mol. The number of benzene rings is 2. The highest BCUT2D eigenvalue weighted by Crippen LogP contribution is 2.33. The van der Waals surface area contributed by atoms with Crippen molar-refractivity contribution in [1.29, 1.82) is 0 Å². The van der Waals surface area contributed by atoms with Gasteiger partial charge in [0.25, 0.3) is 5.91 Å². The van der Waals surface area contributed by atoms with Gasteiger partial charge in [0.1, 0.15) is 13.2 Å². The molecule has 4 rings (SSSR count). The van der Waals surface area contributed by atoms with Crippen LogP contribution in [0.25, 0.3) is 10.2 Å². The maximum atomic E-state index is 12.5. The lowest BCUT2D eigenvalue weighted by molar-refractivity contribution is 0.102. The van der Waals surface area contributed by atoms with Crippen LogP contribution in [0, 0.1) is 6.92 Å². The molecule has 0 aliphatic carbocycles. The van der Waals surface area contributed by atoms with Crippen molar-refractivity contribution in [3.05, 3.63) is 46.5 Å². The summed E-state index contributed by atoms with van der Waals surface area (Å²) in [6.07, 6.45) is 0. The molecule has 1 aliphatic heterocycles. The molecule has 7 heteroatoms. The Hall–Kier alpha value is -2.31. The summed E-state index contributed by atoms with van der Waals surface area (Å²) in [5, 5.41) is 4.03. The third-order valence-corrected chi connectivity index (χ3v) is 4.81. The number of rotatable bonds is 2. The summed E-state index contributed by atoms with van der Waals surface area (Å²) in [7, 11) is 0. The molecule has 0 saturated heterocycles. The number of aryl methyl sites for hydroxylation is 1. The van der Waals surface area contributed by atoms with Gasteiger partial charge in [-0.2, -0.15) is 0 Å². The lowest BCUT2D eigenvalue weighted by Crippen LogP contribution is -2.17. The highest BCUT2D eigenvalue weighted by molar-refractivity contribution is 7.22. The molecule has 3 aromatic rings. The Labute approximate surface area is 147 Å². The number of nitrogens with zero attached hydrogens (tertiary/aromatic N) is 1. The van der Waals surface area contributed by atoms with Crippen LogP contribution in [0.2, 0.25) is 5.02 Å². The summed E-state index contributed by atoms with van der Waals surface area (Å²) in [6.45, 7) is 2.95. The van der Waals surface area contributed by atoms with E-state index in [2.05, 4.69) is 10.3 Å². The quantitative estimate of drug-likeness (QED) is 0.741. The molecule has 0 atom stereocenters. The number of hydrogen-bond donors (Lipinski definition) is 1. The Morgan fingerprint density at radius 2 is 2.00 bits per heavy atom. The van der Waals surface area contributed by atoms with Gasteiger partial charge < -0.3 is 9.47 Å². The fraction of sp³-hybridized carbons (Fsp3) is 0.176. The summed E-state index contributed by atoms with van der Waals surface area (Å²) >= 11 is 7.46. The van der Waals surface area contributed by atoms with Gasteiger partial charge in [0.2, 0.25) is 0 Å². The molecular formula is C17H13ClN2O3S. The van der Waals surface area contributed by atoms with Crippen LogP contribution in [0.5, 0.6) is 11.5 Å². The van der Waals surface area contributed by atoms with Crippen LogP contribution in [0.4, 0.5) is 5.13 Å². The monoisotopic (exact) mass is 360 g/mol. The summed E-state index contributed by atoms with van der Waals surface area (Å²) < 4.78 is 11.9. The Kier molecular flexibility index (Phi) is 3.78. The van der Waals surface area contributed by atoms with Crippen molar-refractivity contribution < 1.29 is 14.3 Å². The fourth-order valence-electron chi connectivity index (χ4n) is 2.56. The number of amides is 1. The van der Waals surface area contributed by atoms with Gasteiger partial charge >= 0.3 is 0 Å². The van der Waals surface area contributed by atoms with Crippen molar-refractivity contribution in [2.45, 2.75) is 6.92 Å². The number of halogens is 1. The molecule has 0 radical (unpaired) electrons. The van der Waals surface area contributed by atoms with Crippen molar-refractivity contribution in [3.63, 3.8) is 0 Å². The third-order valence-electron chi connectivity index (χ3n) is 3.68. The molecule has 24 heavy (non-hydrogen) atoms. The first-order valence-corrected chi connectivity index (χ1v) is 8.57. The molecule has 1 amide bonds. The average molecular weight is 361 g/mol. The molecular weight excluding hydrogens is 348 g/mol. The lowest BCUT2D eigenvalue weighted by Gasteiger charge is -2.18.